The maximum atomic E-state index is 5.69. The summed E-state index contributed by atoms with van der Waals surface area (Å²) in [5.41, 5.74) is 7.45. The molecule has 0 saturated heterocycles. The zero-order chi connectivity index (χ0) is 12.5. The van der Waals surface area contributed by atoms with Crippen LogP contribution in [0.4, 0.5) is 0 Å². The lowest BCUT2D eigenvalue weighted by atomic mass is 10.2. The number of benzene rings is 1. The Labute approximate surface area is 110 Å². The molecular weight excluding hydrogens is 242 g/mol. The van der Waals surface area contributed by atoms with Gasteiger partial charge in [0.1, 0.15) is 10.8 Å². The van der Waals surface area contributed by atoms with Gasteiger partial charge in [0, 0.05) is 11.6 Å². The number of pyridine rings is 1. The highest BCUT2D eigenvalue weighted by atomic mass is 32.1. The first-order chi connectivity index (χ1) is 8.75. The Balaban J connectivity index is 2.19. The lowest BCUT2D eigenvalue weighted by Gasteiger charge is -2.08. The number of hydrogen-bond donors (Lipinski definition) is 1. The first-order valence-electron chi connectivity index (χ1n) is 5.59. The van der Waals surface area contributed by atoms with Crippen molar-refractivity contribution in [2.75, 3.05) is 0 Å². The van der Waals surface area contributed by atoms with E-state index in [-0.39, 0.29) is 0 Å². The van der Waals surface area contributed by atoms with Gasteiger partial charge in [-0.1, -0.05) is 30.4 Å². The van der Waals surface area contributed by atoms with Gasteiger partial charge in [0.15, 0.2) is 0 Å². The van der Waals surface area contributed by atoms with E-state index in [0.717, 1.165) is 22.4 Å². The van der Waals surface area contributed by atoms with Gasteiger partial charge in [0.2, 0.25) is 0 Å². The van der Waals surface area contributed by atoms with Gasteiger partial charge in [0.25, 0.3) is 0 Å². The minimum absolute atomic E-state index is 0.370. The summed E-state index contributed by atoms with van der Waals surface area (Å²) in [5, 5.41) is 1.12. The Kier molecular flexibility index (Phi) is 2.57. The monoisotopic (exact) mass is 253 g/mol. The minimum atomic E-state index is 0.370. The van der Waals surface area contributed by atoms with Crippen molar-refractivity contribution >= 4 is 28.1 Å². The number of para-hydroxylation sites is 1. The van der Waals surface area contributed by atoms with Crippen molar-refractivity contribution < 1.29 is 0 Å². The van der Waals surface area contributed by atoms with Crippen LogP contribution in [0.15, 0.2) is 54.7 Å². The van der Waals surface area contributed by atoms with Gasteiger partial charge in [-0.2, -0.15) is 0 Å². The molecule has 0 aliphatic rings. The quantitative estimate of drug-likeness (QED) is 0.714. The first kappa shape index (κ1) is 10.9. The van der Waals surface area contributed by atoms with E-state index >= 15 is 0 Å². The number of nitrogens with two attached hydrogens (primary N) is 1. The van der Waals surface area contributed by atoms with Crippen LogP contribution in [0.25, 0.3) is 16.7 Å². The molecule has 3 aromatic rings. The predicted octanol–water partition coefficient (Wildman–Crippen LogP) is 2.66. The molecule has 2 N–H and O–H groups in total. The topological polar surface area (TPSA) is 43.8 Å². The normalized spacial score (nSPS) is 10.7. The summed E-state index contributed by atoms with van der Waals surface area (Å²) in [6, 6.07) is 15.8. The van der Waals surface area contributed by atoms with Crippen LogP contribution < -0.4 is 5.73 Å². The summed E-state index contributed by atoms with van der Waals surface area (Å²) in [4.78, 5) is 4.98. The SMILES string of the molecule is NC(=S)c1cccn1-c1ccc2ccccc2n1. The fourth-order valence-corrected chi connectivity index (χ4v) is 2.14. The average Bonchev–Trinajstić information content (AvgIpc) is 2.87. The summed E-state index contributed by atoms with van der Waals surface area (Å²) in [6.45, 7) is 0. The Hall–Kier alpha value is -2.20. The van der Waals surface area contributed by atoms with Crippen molar-refractivity contribution in [2.24, 2.45) is 5.73 Å². The summed E-state index contributed by atoms with van der Waals surface area (Å²) < 4.78 is 1.90. The molecule has 0 radical (unpaired) electrons. The number of thiocarbonyl (C=S) groups is 1. The van der Waals surface area contributed by atoms with E-state index in [1.165, 1.54) is 0 Å². The van der Waals surface area contributed by atoms with Crippen LogP contribution in [0.3, 0.4) is 0 Å². The van der Waals surface area contributed by atoms with Crippen molar-refractivity contribution in [3.05, 3.63) is 60.4 Å². The van der Waals surface area contributed by atoms with E-state index in [9.17, 15) is 0 Å². The highest BCUT2D eigenvalue weighted by Gasteiger charge is 2.06. The molecule has 0 atom stereocenters. The van der Waals surface area contributed by atoms with Crippen LogP contribution in [-0.4, -0.2) is 14.5 Å². The van der Waals surface area contributed by atoms with Gasteiger partial charge in [-0.15, -0.1) is 0 Å². The Morgan fingerprint density at radius 2 is 1.89 bits per heavy atom. The third kappa shape index (κ3) is 1.76. The maximum Gasteiger partial charge on any atom is 0.137 e. The summed E-state index contributed by atoms with van der Waals surface area (Å²) in [6.07, 6.45) is 1.91. The van der Waals surface area contributed by atoms with E-state index in [1.54, 1.807) is 0 Å². The van der Waals surface area contributed by atoms with E-state index in [1.807, 2.05) is 59.3 Å². The number of nitrogens with zero attached hydrogens (tertiary/aromatic N) is 2. The molecule has 0 aliphatic carbocycles. The summed E-state index contributed by atoms with van der Waals surface area (Å²) in [7, 11) is 0. The van der Waals surface area contributed by atoms with Crippen LogP contribution in [0.1, 0.15) is 5.69 Å². The van der Waals surface area contributed by atoms with Crippen molar-refractivity contribution in [1.82, 2.24) is 9.55 Å². The van der Waals surface area contributed by atoms with Crippen LogP contribution in [0, 0.1) is 0 Å². The highest BCUT2D eigenvalue weighted by Crippen LogP contribution is 2.16. The number of fused-ring (bicyclic) bond motifs is 1. The number of rotatable bonds is 2. The average molecular weight is 253 g/mol. The van der Waals surface area contributed by atoms with Crippen LogP contribution in [0.2, 0.25) is 0 Å². The second kappa shape index (κ2) is 4.23. The second-order valence-corrected chi connectivity index (χ2v) is 4.43. The summed E-state index contributed by atoms with van der Waals surface area (Å²) >= 11 is 5.03. The molecule has 18 heavy (non-hydrogen) atoms. The van der Waals surface area contributed by atoms with Gasteiger partial charge < -0.3 is 5.73 Å². The largest absolute Gasteiger partial charge is 0.388 e. The van der Waals surface area contributed by atoms with E-state index < -0.39 is 0 Å². The second-order valence-electron chi connectivity index (χ2n) is 3.99. The Morgan fingerprint density at radius 1 is 1.06 bits per heavy atom. The Bertz CT molecular complexity index is 730. The molecule has 3 nitrogen and oxygen atoms in total. The fourth-order valence-electron chi connectivity index (χ4n) is 1.97. The van der Waals surface area contributed by atoms with Gasteiger partial charge in [-0.25, -0.2) is 4.98 Å². The zero-order valence-corrected chi connectivity index (χ0v) is 10.4. The molecule has 0 saturated carbocycles. The molecule has 0 aliphatic heterocycles. The van der Waals surface area contributed by atoms with E-state index in [2.05, 4.69) is 4.98 Å². The molecule has 0 unspecified atom stereocenters. The lowest BCUT2D eigenvalue weighted by molar-refractivity contribution is 1.01. The standard InChI is InChI=1S/C14H11N3S/c15-14(18)12-6-3-9-17(12)13-8-7-10-4-1-2-5-11(10)16-13/h1-9H,(H2,15,18). The fraction of sp³-hybridized carbons (Fsp3) is 0. The molecular formula is C14H11N3S. The molecule has 3 rings (SSSR count). The van der Waals surface area contributed by atoms with Gasteiger partial charge in [-0.05, 0) is 30.3 Å². The van der Waals surface area contributed by atoms with Crippen molar-refractivity contribution in [3.8, 4) is 5.82 Å². The third-order valence-corrected chi connectivity index (χ3v) is 3.04. The molecule has 88 valence electrons. The molecule has 0 spiro atoms. The van der Waals surface area contributed by atoms with Crippen molar-refractivity contribution in [1.29, 1.82) is 0 Å². The maximum absolute atomic E-state index is 5.69. The van der Waals surface area contributed by atoms with Crippen LogP contribution >= 0.6 is 12.2 Å². The molecule has 2 heterocycles. The first-order valence-corrected chi connectivity index (χ1v) is 6.00. The van der Waals surface area contributed by atoms with E-state index in [4.69, 9.17) is 18.0 Å². The Morgan fingerprint density at radius 3 is 2.72 bits per heavy atom. The number of aromatic nitrogens is 2. The molecule has 2 aromatic heterocycles. The van der Waals surface area contributed by atoms with Gasteiger partial charge in [-0.3, -0.25) is 4.57 Å². The van der Waals surface area contributed by atoms with E-state index in [0.29, 0.717) is 4.99 Å². The third-order valence-electron chi connectivity index (χ3n) is 2.83. The minimum Gasteiger partial charge on any atom is -0.388 e. The zero-order valence-electron chi connectivity index (χ0n) is 9.58. The lowest BCUT2D eigenvalue weighted by Crippen LogP contribution is -2.14. The molecule has 0 fully saturated rings. The van der Waals surface area contributed by atoms with Crippen LogP contribution in [-0.2, 0) is 0 Å². The predicted molar refractivity (Wildman–Crippen MR) is 77.0 cm³/mol. The van der Waals surface area contributed by atoms with Crippen molar-refractivity contribution in [2.45, 2.75) is 0 Å². The highest BCUT2D eigenvalue weighted by molar-refractivity contribution is 7.80. The molecule has 4 heteroatoms. The van der Waals surface area contributed by atoms with Crippen molar-refractivity contribution in [3.63, 3.8) is 0 Å². The van der Waals surface area contributed by atoms with Crippen LogP contribution in [0.5, 0.6) is 0 Å². The smallest absolute Gasteiger partial charge is 0.137 e. The molecule has 0 amide bonds. The molecule has 0 bridgehead atoms. The number of hydrogen-bond acceptors (Lipinski definition) is 2. The molecule has 1 aromatic carbocycles. The van der Waals surface area contributed by atoms with Gasteiger partial charge >= 0.3 is 0 Å². The van der Waals surface area contributed by atoms with Gasteiger partial charge in [0.05, 0.1) is 11.2 Å². The summed E-state index contributed by atoms with van der Waals surface area (Å²) in [5.74, 6) is 0.821.